The van der Waals surface area contributed by atoms with E-state index in [1.54, 1.807) is 30.3 Å². The Labute approximate surface area is 378 Å². The highest BCUT2D eigenvalue weighted by molar-refractivity contribution is 6.14. The molecule has 1 aliphatic rings. The number of Topliss-reactive ketones (excluding diaryl/α,β-unsaturated/α-hetero) is 1. The Hall–Kier alpha value is -5.27. The number of amides is 6. The predicted octanol–water partition coefficient (Wildman–Crippen LogP) is 0.286. The van der Waals surface area contributed by atoms with Crippen LogP contribution in [-0.2, 0) is 44.8 Å². The monoisotopic (exact) mass is 898 g/mol. The summed E-state index contributed by atoms with van der Waals surface area (Å²) in [7, 11) is 1.32. The number of hydrogen-bond donors (Lipinski definition) is 8. The lowest BCUT2D eigenvalue weighted by Gasteiger charge is -2.42. The van der Waals surface area contributed by atoms with Crippen LogP contribution in [0.1, 0.15) is 117 Å². The molecule has 1 aliphatic carbocycles. The van der Waals surface area contributed by atoms with Gasteiger partial charge in [0.25, 0.3) is 5.91 Å². The zero-order chi connectivity index (χ0) is 48.1. The molecule has 19 nitrogen and oxygen atoms in total. The number of carbonyl (C=O) groups excluding carboxylic acids is 8. The van der Waals surface area contributed by atoms with Crippen LogP contribution in [0.5, 0.6) is 0 Å². The van der Waals surface area contributed by atoms with E-state index in [1.807, 2.05) is 13.8 Å². The fourth-order valence-corrected chi connectivity index (χ4v) is 7.80. The van der Waals surface area contributed by atoms with Crippen molar-refractivity contribution in [3.8, 4) is 0 Å². The molecule has 0 unspecified atom stereocenters. The number of benzene rings is 1. The molecule has 0 aliphatic heterocycles. The smallest absolute Gasteiger partial charge is 0.252 e. The zero-order valence-electron chi connectivity index (χ0n) is 38.7. The normalized spacial score (nSPS) is 16.7. The Morgan fingerprint density at radius 1 is 0.797 bits per heavy atom. The highest BCUT2D eigenvalue weighted by Crippen LogP contribution is 2.31. The molecule has 358 valence electrons. The number of ketones is 1. The van der Waals surface area contributed by atoms with Crippen LogP contribution in [-0.4, -0.2) is 125 Å². The molecule has 1 fully saturated rings. The maximum absolute atomic E-state index is 15.0. The van der Waals surface area contributed by atoms with E-state index in [2.05, 4.69) is 20.9 Å². The summed E-state index contributed by atoms with van der Waals surface area (Å²) in [6.45, 7) is 8.30. The molecular formula is C45H75N11O8. The van der Waals surface area contributed by atoms with Crippen molar-refractivity contribution in [1.29, 1.82) is 0 Å². The van der Waals surface area contributed by atoms with Crippen molar-refractivity contribution < 1.29 is 38.4 Å². The molecule has 6 amide bonds. The number of aldehydes is 1. The Balaban J connectivity index is 2.48. The average molecular weight is 898 g/mol. The minimum Gasteiger partial charge on any atom is -0.370 e. The molecule has 64 heavy (non-hydrogen) atoms. The van der Waals surface area contributed by atoms with E-state index in [4.69, 9.17) is 28.7 Å². The molecule has 0 bridgehead atoms. The second-order valence-electron chi connectivity index (χ2n) is 17.6. The molecule has 19 heteroatoms. The largest absolute Gasteiger partial charge is 0.370 e. The topological polar surface area (TPSA) is 322 Å². The van der Waals surface area contributed by atoms with Crippen LogP contribution >= 0.6 is 0 Å². The predicted molar refractivity (Wildman–Crippen MR) is 245 cm³/mol. The first-order chi connectivity index (χ1) is 30.2. The zero-order valence-corrected chi connectivity index (χ0v) is 38.7. The van der Waals surface area contributed by atoms with Crippen LogP contribution < -0.4 is 44.6 Å². The molecule has 0 radical (unpaired) electrons. The Kier molecular flexibility index (Phi) is 23.3. The molecule has 2 rings (SSSR count). The third-order valence-corrected chi connectivity index (χ3v) is 11.8. The average Bonchev–Trinajstić information content (AvgIpc) is 3.26. The number of nitrogens with zero attached hydrogens (tertiary/aromatic N) is 3. The number of unbranched alkanes of at least 4 members (excludes halogenated alkanes) is 1. The van der Waals surface area contributed by atoms with Crippen molar-refractivity contribution >= 4 is 53.5 Å². The van der Waals surface area contributed by atoms with E-state index in [0.29, 0.717) is 42.6 Å². The highest BCUT2D eigenvalue weighted by atomic mass is 16.2. The summed E-state index contributed by atoms with van der Waals surface area (Å²) in [6.07, 6.45) is 6.34. The van der Waals surface area contributed by atoms with Crippen molar-refractivity contribution in [3.63, 3.8) is 0 Å². The van der Waals surface area contributed by atoms with Crippen LogP contribution in [0.25, 0.3) is 0 Å². The van der Waals surface area contributed by atoms with Gasteiger partial charge in [0.05, 0.1) is 12.1 Å². The summed E-state index contributed by atoms with van der Waals surface area (Å²) in [5.41, 5.74) is 27.3. The summed E-state index contributed by atoms with van der Waals surface area (Å²) in [6, 6.07) is 1.55. The van der Waals surface area contributed by atoms with E-state index in [1.165, 1.54) is 27.8 Å². The molecule has 1 saturated carbocycles. The van der Waals surface area contributed by atoms with Gasteiger partial charge in [-0.3, -0.25) is 43.5 Å². The quantitative estimate of drug-likeness (QED) is 0.0194. The van der Waals surface area contributed by atoms with Crippen molar-refractivity contribution in [2.75, 3.05) is 20.1 Å². The van der Waals surface area contributed by atoms with Gasteiger partial charge in [-0.15, -0.1) is 0 Å². The molecular weight excluding hydrogens is 823 g/mol. The van der Waals surface area contributed by atoms with Gasteiger partial charge in [0.15, 0.2) is 23.6 Å². The maximum Gasteiger partial charge on any atom is 0.252 e. The van der Waals surface area contributed by atoms with Gasteiger partial charge in [0, 0.05) is 20.0 Å². The first kappa shape index (κ1) is 54.9. The van der Waals surface area contributed by atoms with Gasteiger partial charge in [-0.2, -0.15) is 0 Å². The van der Waals surface area contributed by atoms with Gasteiger partial charge >= 0.3 is 0 Å². The third kappa shape index (κ3) is 16.7. The lowest BCUT2D eigenvalue weighted by Crippen LogP contribution is -2.67. The van der Waals surface area contributed by atoms with Crippen LogP contribution in [0.2, 0.25) is 0 Å². The number of nitrogens with two attached hydrogens (primary N) is 5. The number of rotatable bonds is 27. The fraction of sp³-hybridized carbons (Fsp3) is 0.667. The van der Waals surface area contributed by atoms with Gasteiger partial charge in [0.2, 0.25) is 29.5 Å². The summed E-state index contributed by atoms with van der Waals surface area (Å²) in [5, 5.41) is 7.77. The molecule has 1 aromatic carbocycles. The van der Waals surface area contributed by atoms with Gasteiger partial charge in [-0.05, 0) is 83.2 Å². The van der Waals surface area contributed by atoms with Gasteiger partial charge in [-0.25, -0.2) is 0 Å². The Bertz CT molecular complexity index is 1750. The molecule has 0 spiro atoms. The summed E-state index contributed by atoms with van der Waals surface area (Å²) < 4.78 is 0. The van der Waals surface area contributed by atoms with Crippen LogP contribution in [0.3, 0.4) is 0 Å². The number of hydrogen-bond acceptors (Lipinski definition) is 12. The Morgan fingerprint density at radius 2 is 1.39 bits per heavy atom. The summed E-state index contributed by atoms with van der Waals surface area (Å²) in [4.78, 5) is 117. The minimum absolute atomic E-state index is 0.0143. The number of aliphatic imine (C=N–C) groups is 1. The SMILES string of the molecule is CC(C)C[C@H](NC(=O)[C@H](C)NC(=O)[C@H](C)NC(=O)[C@@H](N)CCCCN)C(=O)N(C)[C@@H](C)C(=O)N(C(=O)[C@@H](N)CC1CCCCC1)[C@](C=O)(CCCN=C(N)N)C(=O)Cc1ccccc1. The van der Waals surface area contributed by atoms with Crippen molar-refractivity contribution in [3.05, 3.63) is 35.9 Å². The van der Waals surface area contributed by atoms with E-state index < -0.39 is 83.0 Å². The maximum atomic E-state index is 15.0. The van der Waals surface area contributed by atoms with Crippen LogP contribution in [0.15, 0.2) is 35.3 Å². The molecule has 0 heterocycles. The number of carbonyl (C=O) groups is 8. The minimum atomic E-state index is -2.36. The standard InChI is InChI=1S/C45H75N11O8/c1-28(2)24-36(54-39(60)30(4)52-38(59)29(3)53-40(61)34(47)20-13-14-22-46)43(64)55(6)31(5)41(62)56(42(63)35(48)25-32-16-9-7-10-17-32)45(27-57,21-15-23-51-44(49)50)37(58)26-33-18-11-8-12-19-33/h8,11-12,18-19,27-32,34-36H,7,9-10,13-17,20-26,46-48H2,1-6H3,(H,52,59)(H,53,61)(H,54,60)(H4,49,50,51)/t29-,30-,31-,34-,35-,36-,45-/m0/s1. The molecule has 13 N–H and O–H groups in total. The number of nitrogens with one attached hydrogen (secondary N) is 3. The lowest BCUT2D eigenvalue weighted by molar-refractivity contribution is -0.165. The van der Waals surface area contributed by atoms with E-state index in [0.717, 1.165) is 37.0 Å². The van der Waals surface area contributed by atoms with E-state index >= 15 is 0 Å². The third-order valence-electron chi connectivity index (χ3n) is 11.8. The molecule has 7 atom stereocenters. The second-order valence-corrected chi connectivity index (χ2v) is 17.6. The Morgan fingerprint density at radius 3 is 1.95 bits per heavy atom. The molecule has 1 aromatic rings. The van der Waals surface area contributed by atoms with Crippen molar-refractivity contribution in [2.24, 2.45) is 45.5 Å². The number of guanidine groups is 1. The molecule has 0 saturated heterocycles. The van der Waals surface area contributed by atoms with Gasteiger partial charge in [0.1, 0.15) is 24.2 Å². The lowest BCUT2D eigenvalue weighted by atomic mass is 9.82. The molecule has 0 aromatic heterocycles. The summed E-state index contributed by atoms with van der Waals surface area (Å²) >= 11 is 0. The summed E-state index contributed by atoms with van der Waals surface area (Å²) in [5.74, 6) is -5.65. The number of likely N-dealkylation sites (N-methyl/N-ethyl adjacent to an activating group) is 1. The van der Waals surface area contributed by atoms with Crippen molar-refractivity contribution in [2.45, 2.75) is 160 Å². The first-order valence-electron chi connectivity index (χ1n) is 22.6. The van der Waals surface area contributed by atoms with E-state index in [-0.39, 0.29) is 56.4 Å². The van der Waals surface area contributed by atoms with Crippen LogP contribution in [0.4, 0.5) is 0 Å². The first-order valence-corrected chi connectivity index (χ1v) is 22.6. The van der Waals surface area contributed by atoms with Gasteiger partial charge in [-0.1, -0.05) is 82.7 Å². The second kappa shape index (κ2) is 27.1. The van der Waals surface area contributed by atoms with Crippen LogP contribution in [0, 0.1) is 11.8 Å². The van der Waals surface area contributed by atoms with Crippen molar-refractivity contribution in [1.82, 2.24) is 25.8 Å². The van der Waals surface area contributed by atoms with E-state index in [9.17, 15) is 38.4 Å². The number of imide groups is 1. The fourth-order valence-electron chi connectivity index (χ4n) is 7.80. The van der Waals surface area contributed by atoms with Gasteiger partial charge < -0.3 is 54.3 Å². The highest BCUT2D eigenvalue weighted by Gasteiger charge is 2.52.